The molecule has 2 atom stereocenters. The van der Waals surface area contributed by atoms with E-state index in [1.807, 2.05) is 26.8 Å². The van der Waals surface area contributed by atoms with Crippen LogP contribution in [0.3, 0.4) is 0 Å². The summed E-state index contributed by atoms with van der Waals surface area (Å²) in [6.45, 7) is 6.84. The number of halogens is 3. The zero-order chi connectivity index (χ0) is 16.5. The molecule has 0 aliphatic carbocycles. The van der Waals surface area contributed by atoms with Gasteiger partial charge in [-0.25, -0.2) is 4.79 Å². The number of alkyl halides is 1. The highest BCUT2D eigenvalue weighted by atomic mass is 79.9. The van der Waals surface area contributed by atoms with Gasteiger partial charge in [0.25, 0.3) is 0 Å². The fourth-order valence-corrected chi connectivity index (χ4v) is 3.75. The third kappa shape index (κ3) is 4.30. The van der Waals surface area contributed by atoms with Gasteiger partial charge >= 0.3 is 6.09 Å². The van der Waals surface area contributed by atoms with E-state index in [0.717, 1.165) is 10.9 Å². The van der Waals surface area contributed by atoms with Gasteiger partial charge in [0, 0.05) is 34.4 Å². The Balaban J connectivity index is 2.19. The van der Waals surface area contributed by atoms with Crippen molar-refractivity contribution in [3.8, 4) is 0 Å². The second-order valence-corrected chi connectivity index (χ2v) is 8.06. The molecule has 1 heterocycles. The Morgan fingerprint density at radius 2 is 2.05 bits per heavy atom. The van der Waals surface area contributed by atoms with Crippen LogP contribution in [-0.2, 0) is 4.74 Å². The number of carbonyl (C=O) groups excluding carboxylic acids is 1. The summed E-state index contributed by atoms with van der Waals surface area (Å²) in [6.07, 6.45) is -0.279. The lowest BCUT2D eigenvalue weighted by atomic mass is 9.90. The first-order chi connectivity index (χ1) is 10.2. The first-order valence-corrected chi connectivity index (χ1v) is 9.08. The molecule has 0 aromatic heterocycles. The molecule has 0 spiro atoms. The van der Waals surface area contributed by atoms with E-state index in [1.165, 1.54) is 0 Å². The molecule has 0 N–H and O–H groups in total. The lowest BCUT2D eigenvalue weighted by Gasteiger charge is -2.24. The third-order valence-electron chi connectivity index (χ3n) is 3.65. The summed E-state index contributed by atoms with van der Waals surface area (Å²) >= 11 is 16.0. The molecule has 1 saturated heterocycles. The molecule has 1 fully saturated rings. The van der Waals surface area contributed by atoms with Gasteiger partial charge in [-0.15, -0.1) is 0 Å². The summed E-state index contributed by atoms with van der Waals surface area (Å²) in [4.78, 5) is 14.0. The van der Waals surface area contributed by atoms with Crippen molar-refractivity contribution in [3.05, 3.63) is 33.8 Å². The minimum atomic E-state index is -0.493. The van der Waals surface area contributed by atoms with E-state index in [2.05, 4.69) is 15.9 Å². The average Bonchev–Trinajstić information content (AvgIpc) is 2.83. The van der Waals surface area contributed by atoms with Crippen LogP contribution in [-0.4, -0.2) is 35.0 Å². The van der Waals surface area contributed by atoms with Crippen molar-refractivity contribution < 1.29 is 9.53 Å². The minimum Gasteiger partial charge on any atom is -0.444 e. The van der Waals surface area contributed by atoms with E-state index in [0.29, 0.717) is 23.1 Å². The summed E-state index contributed by atoms with van der Waals surface area (Å²) in [7, 11) is 0. The van der Waals surface area contributed by atoms with Crippen molar-refractivity contribution in [2.75, 3.05) is 18.4 Å². The maximum atomic E-state index is 12.3. The Bertz CT molecular complexity index is 560. The summed E-state index contributed by atoms with van der Waals surface area (Å²) in [5.41, 5.74) is 0.497. The number of hydrogen-bond acceptors (Lipinski definition) is 2. The van der Waals surface area contributed by atoms with Crippen molar-refractivity contribution in [2.45, 2.75) is 32.3 Å². The second-order valence-electron chi connectivity index (χ2n) is 6.57. The normalized spacial score (nSPS) is 22.0. The molecule has 0 saturated carbocycles. The van der Waals surface area contributed by atoms with Crippen molar-refractivity contribution in [1.29, 1.82) is 0 Å². The first-order valence-electron chi connectivity index (χ1n) is 7.20. The quantitative estimate of drug-likeness (QED) is 0.618. The van der Waals surface area contributed by atoms with E-state index in [-0.39, 0.29) is 17.9 Å². The van der Waals surface area contributed by atoms with Crippen LogP contribution in [0.5, 0.6) is 0 Å². The molecular weight excluding hydrogens is 389 g/mol. The van der Waals surface area contributed by atoms with Gasteiger partial charge in [0.2, 0.25) is 0 Å². The number of hydrogen-bond donors (Lipinski definition) is 0. The molecule has 1 aromatic carbocycles. The van der Waals surface area contributed by atoms with E-state index in [9.17, 15) is 4.79 Å². The molecule has 0 radical (unpaired) electrons. The molecule has 2 rings (SSSR count). The number of ether oxygens (including phenoxy) is 1. The van der Waals surface area contributed by atoms with Crippen LogP contribution >= 0.6 is 39.1 Å². The first kappa shape index (κ1) is 17.9. The Hall–Kier alpha value is -0.450. The minimum absolute atomic E-state index is 0.151. The Morgan fingerprint density at radius 3 is 2.64 bits per heavy atom. The fraction of sp³-hybridized carbons (Fsp3) is 0.562. The molecule has 1 aliphatic rings. The number of nitrogens with zero attached hydrogens (tertiary/aromatic N) is 1. The summed E-state index contributed by atoms with van der Waals surface area (Å²) in [5.74, 6) is 0.432. The summed E-state index contributed by atoms with van der Waals surface area (Å²) in [5, 5.41) is 2.13. The van der Waals surface area contributed by atoms with Crippen molar-refractivity contribution in [3.63, 3.8) is 0 Å². The van der Waals surface area contributed by atoms with E-state index >= 15 is 0 Å². The molecule has 0 bridgehead atoms. The molecule has 1 aliphatic heterocycles. The zero-order valence-electron chi connectivity index (χ0n) is 12.9. The van der Waals surface area contributed by atoms with Crippen molar-refractivity contribution >= 4 is 45.2 Å². The van der Waals surface area contributed by atoms with Crippen molar-refractivity contribution in [1.82, 2.24) is 4.90 Å². The predicted molar refractivity (Wildman–Crippen MR) is 94.3 cm³/mol. The molecule has 6 heteroatoms. The molecule has 1 amide bonds. The maximum Gasteiger partial charge on any atom is 0.410 e. The Morgan fingerprint density at radius 1 is 1.36 bits per heavy atom. The summed E-state index contributed by atoms with van der Waals surface area (Å²) in [6, 6.07) is 5.47. The van der Waals surface area contributed by atoms with E-state index in [4.69, 9.17) is 27.9 Å². The molecule has 22 heavy (non-hydrogen) atoms. The smallest absolute Gasteiger partial charge is 0.410 e. The topological polar surface area (TPSA) is 29.5 Å². The number of benzene rings is 1. The number of likely N-dealkylation sites (tertiary alicyclic amines) is 1. The second kappa shape index (κ2) is 6.98. The monoisotopic (exact) mass is 407 g/mol. The van der Waals surface area contributed by atoms with Gasteiger partial charge in [0.05, 0.1) is 0 Å². The lowest BCUT2D eigenvalue weighted by molar-refractivity contribution is 0.0288. The van der Waals surface area contributed by atoms with Crippen LogP contribution in [0.1, 0.15) is 32.3 Å². The number of amides is 1. The Kier molecular flexibility index (Phi) is 5.68. The SMILES string of the molecule is CC(C)(C)OC(=O)N1C[C@H](CBr)[C@@H](c2cc(Cl)ccc2Cl)C1. The van der Waals surface area contributed by atoms with Gasteiger partial charge in [0.15, 0.2) is 0 Å². The van der Waals surface area contributed by atoms with Crippen LogP contribution in [0.4, 0.5) is 4.79 Å². The number of rotatable bonds is 2. The van der Waals surface area contributed by atoms with Crippen LogP contribution < -0.4 is 0 Å². The van der Waals surface area contributed by atoms with Crippen LogP contribution in [0.15, 0.2) is 18.2 Å². The molecule has 1 aromatic rings. The van der Waals surface area contributed by atoms with Crippen LogP contribution in [0.25, 0.3) is 0 Å². The number of carbonyl (C=O) groups is 1. The fourth-order valence-electron chi connectivity index (χ4n) is 2.65. The highest BCUT2D eigenvalue weighted by Gasteiger charge is 2.38. The van der Waals surface area contributed by atoms with Gasteiger partial charge in [0.1, 0.15) is 5.60 Å². The van der Waals surface area contributed by atoms with Crippen molar-refractivity contribution in [2.24, 2.45) is 5.92 Å². The van der Waals surface area contributed by atoms with Gasteiger partial charge in [-0.1, -0.05) is 39.1 Å². The molecule has 122 valence electrons. The van der Waals surface area contributed by atoms with E-state index in [1.54, 1.807) is 17.0 Å². The molecule has 0 unspecified atom stereocenters. The largest absolute Gasteiger partial charge is 0.444 e. The van der Waals surface area contributed by atoms with Gasteiger partial charge < -0.3 is 9.64 Å². The van der Waals surface area contributed by atoms with E-state index < -0.39 is 5.60 Å². The van der Waals surface area contributed by atoms with Gasteiger partial charge in [-0.3, -0.25) is 0 Å². The average molecular weight is 409 g/mol. The summed E-state index contributed by atoms with van der Waals surface area (Å²) < 4.78 is 5.47. The van der Waals surface area contributed by atoms with Gasteiger partial charge in [-0.05, 0) is 50.5 Å². The standard InChI is InChI=1S/C16H20BrCl2NO2/c1-16(2,3)22-15(21)20-8-10(7-17)13(9-20)12-6-11(18)4-5-14(12)19/h4-6,10,13H,7-9H2,1-3H3/t10-,13-/m0/s1. The van der Waals surface area contributed by atoms with Gasteiger partial charge in [-0.2, -0.15) is 0 Å². The highest BCUT2D eigenvalue weighted by Crippen LogP contribution is 2.38. The van der Waals surface area contributed by atoms with Crippen LogP contribution in [0, 0.1) is 5.92 Å². The van der Waals surface area contributed by atoms with Crippen LogP contribution in [0.2, 0.25) is 10.0 Å². The zero-order valence-corrected chi connectivity index (χ0v) is 16.0. The highest BCUT2D eigenvalue weighted by molar-refractivity contribution is 9.09. The molecule has 3 nitrogen and oxygen atoms in total. The third-order valence-corrected chi connectivity index (χ3v) is 5.06. The predicted octanol–water partition coefficient (Wildman–Crippen LogP) is 5.34. The lowest BCUT2D eigenvalue weighted by Crippen LogP contribution is -2.35. The molecular formula is C16H20BrCl2NO2. The maximum absolute atomic E-state index is 12.3. The Labute approximate surface area is 150 Å².